The van der Waals surface area contributed by atoms with Crippen molar-refractivity contribution in [2.24, 2.45) is 9.98 Å². The summed E-state index contributed by atoms with van der Waals surface area (Å²) in [6, 6.07) is 2.97. The molecule has 1 aromatic rings. The number of nitrogens with one attached hydrogen (secondary N) is 2. The molecule has 0 bridgehead atoms. The molecule has 0 fully saturated rings. The van der Waals surface area contributed by atoms with E-state index in [9.17, 15) is 4.39 Å². The van der Waals surface area contributed by atoms with Gasteiger partial charge in [0.1, 0.15) is 22.4 Å². The zero-order chi connectivity index (χ0) is 15.2. The van der Waals surface area contributed by atoms with Crippen molar-refractivity contribution in [3.63, 3.8) is 0 Å². The minimum atomic E-state index is -0.326. The molecule has 2 N–H and O–H groups in total. The van der Waals surface area contributed by atoms with Crippen molar-refractivity contribution < 1.29 is 4.39 Å². The van der Waals surface area contributed by atoms with Crippen LogP contribution in [-0.2, 0) is 6.54 Å². The van der Waals surface area contributed by atoms with Crippen LogP contribution in [0.2, 0.25) is 0 Å². The summed E-state index contributed by atoms with van der Waals surface area (Å²) < 4.78 is 13.6. The number of hydrogen-bond donors (Lipinski definition) is 2. The molecule has 5 nitrogen and oxygen atoms in total. The van der Waals surface area contributed by atoms with Crippen LogP contribution in [0.15, 0.2) is 39.8 Å². The number of rotatable bonds is 5. The lowest BCUT2D eigenvalue weighted by Crippen LogP contribution is -2.26. The number of aliphatic imine (C=N–C) groups is 2. The van der Waals surface area contributed by atoms with Gasteiger partial charge in [-0.05, 0) is 18.6 Å². The molecule has 2 heterocycles. The topological polar surface area (TPSA) is 61.7 Å². The van der Waals surface area contributed by atoms with Crippen LogP contribution in [0.1, 0.15) is 19.0 Å². The lowest BCUT2D eigenvalue weighted by molar-refractivity contribution is 0.583. The highest BCUT2D eigenvalue weighted by Gasteiger charge is 2.22. The van der Waals surface area contributed by atoms with Gasteiger partial charge in [-0.1, -0.05) is 18.7 Å². The molecule has 0 amide bonds. The van der Waals surface area contributed by atoms with E-state index >= 15 is 0 Å². The van der Waals surface area contributed by atoms with E-state index in [0.717, 1.165) is 28.0 Å². The van der Waals surface area contributed by atoms with Crippen LogP contribution in [-0.4, -0.2) is 29.2 Å². The predicted octanol–water partition coefficient (Wildman–Crippen LogP) is 2.28. The minimum Gasteiger partial charge on any atom is -0.373 e. The van der Waals surface area contributed by atoms with Crippen LogP contribution in [0.3, 0.4) is 0 Å². The molecule has 0 unspecified atom stereocenters. The number of pyridine rings is 1. The van der Waals surface area contributed by atoms with Crippen molar-refractivity contribution >= 4 is 21.8 Å². The SMILES string of the molecule is CCC1=NC(=C(/NC)NCc2ncccc2F)/C(=N\C)S1. The van der Waals surface area contributed by atoms with Gasteiger partial charge >= 0.3 is 0 Å². The minimum absolute atomic E-state index is 0.283. The fraction of sp³-hybridized carbons (Fsp3) is 0.357. The first-order valence-electron chi connectivity index (χ1n) is 6.67. The Bertz CT molecular complexity index is 609. The number of hydrogen-bond acceptors (Lipinski definition) is 6. The Morgan fingerprint density at radius 3 is 2.90 bits per heavy atom. The maximum absolute atomic E-state index is 13.6. The summed E-state index contributed by atoms with van der Waals surface area (Å²) in [6.07, 6.45) is 2.43. The molecule has 112 valence electrons. The van der Waals surface area contributed by atoms with Gasteiger partial charge in [0.05, 0.1) is 17.3 Å². The van der Waals surface area contributed by atoms with E-state index < -0.39 is 0 Å². The zero-order valence-corrected chi connectivity index (χ0v) is 13.1. The number of aromatic nitrogens is 1. The molecule has 1 aliphatic heterocycles. The van der Waals surface area contributed by atoms with E-state index in [1.165, 1.54) is 6.07 Å². The first-order chi connectivity index (χ1) is 10.2. The summed E-state index contributed by atoms with van der Waals surface area (Å²) in [5.74, 6) is 0.394. The fourth-order valence-electron chi connectivity index (χ4n) is 1.83. The first kappa shape index (κ1) is 15.5. The van der Waals surface area contributed by atoms with Crippen molar-refractivity contribution in [2.45, 2.75) is 19.9 Å². The Hall–Kier alpha value is -1.89. The zero-order valence-electron chi connectivity index (χ0n) is 12.3. The Kier molecular flexibility index (Phi) is 5.32. The number of nitrogens with zero attached hydrogens (tertiary/aromatic N) is 3. The molecule has 0 aliphatic carbocycles. The third-order valence-corrected chi connectivity index (χ3v) is 4.10. The maximum atomic E-state index is 13.6. The van der Waals surface area contributed by atoms with Crippen molar-refractivity contribution in [3.8, 4) is 0 Å². The summed E-state index contributed by atoms with van der Waals surface area (Å²) in [4.78, 5) is 12.8. The van der Waals surface area contributed by atoms with E-state index in [1.807, 2.05) is 0 Å². The highest BCUT2D eigenvalue weighted by molar-refractivity contribution is 8.27. The van der Waals surface area contributed by atoms with Gasteiger partial charge in [-0.25, -0.2) is 9.38 Å². The molecule has 0 atom stereocenters. The van der Waals surface area contributed by atoms with Crippen LogP contribution in [0.4, 0.5) is 4.39 Å². The van der Waals surface area contributed by atoms with Crippen LogP contribution in [0.25, 0.3) is 0 Å². The Morgan fingerprint density at radius 1 is 1.48 bits per heavy atom. The average molecular weight is 307 g/mol. The molecule has 7 heteroatoms. The smallest absolute Gasteiger partial charge is 0.146 e. The van der Waals surface area contributed by atoms with Gasteiger partial charge in [0.15, 0.2) is 0 Å². The summed E-state index contributed by atoms with van der Waals surface area (Å²) in [7, 11) is 3.53. The molecule has 0 saturated heterocycles. The van der Waals surface area contributed by atoms with Crippen LogP contribution in [0, 0.1) is 5.82 Å². The standard InChI is InChI=1S/C14H18FN5S/c1-4-11-20-12(14(17-3)21-11)13(16-2)19-8-10-9(15)6-5-7-18-10/h5-7,16,19H,4,8H2,1-3H3/b13-12-,17-14+. The molecular weight excluding hydrogens is 289 g/mol. The second-order valence-electron chi connectivity index (χ2n) is 4.25. The summed E-state index contributed by atoms with van der Waals surface area (Å²) in [5, 5.41) is 8.07. The largest absolute Gasteiger partial charge is 0.373 e. The van der Waals surface area contributed by atoms with Gasteiger partial charge in [-0.3, -0.25) is 9.98 Å². The highest BCUT2D eigenvalue weighted by Crippen LogP contribution is 2.27. The molecule has 1 aliphatic rings. The van der Waals surface area contributed by atoms with Crippen LogP contribution >= 0.6 is 11.8 Å². The summed E-state index contributed by atoms with van der Waals surface area (Å²) >= 11 is 1.56. The molecule has 21 heavy (non-hydrogen) atoms. The normalized spacial score (nSPS) is 18.7. The Morgan fingerprint density at radius 2 is 2.29 bits per heavy atom. The highest BCUT2D eigenvalue weighted by atomic mass is 32.2. The third kappa shape index (κ3) is 3.60. The molecular formula is C14H18FN5S. The van der Waals surface area contributed by atoms with E-state index in [1.54, 1.807) is 38.1 Å². The molecule has 2 rings (SSSR count). The van der Waals surface area contributed by atoms with Crippen LogP contribution in [0.5, 0.6) is 0 Å². The quantitative estimate of drug-likeness (QED) is 0.876. The Labute approximate surface area is 127 Å². The lowest BCUT2D eigenvalue weighted by Gasteiger charge is -2.12. The predicted molar refractivity (Wildman–Crippen MR) is 85.8 cm³/mol. The van der Waals surface area contributed by atoms with Crippen molar-refractivity contribution in [3.05, 3.63) is 41.4 Å². The molecule has 0 aromatic carbocycles. The first-order valence-corrected chi connectivity index (χ1v) is 7.49. The van der Waals surface area contributed by atoms with E-state index in [2.05, 4.69) is 32.5 Å². The molecule has 1 aromatic heterocycles. The van der Waals surface area contributed by atoms with Crippen molar-refractivity contribution in [2.75, 3.05) is 14.1 Å². The van der Waals surface area contributed by atoms with E-state index in [0.29, 0.717) is 5.69 Å². The summed E-state index contributed by atoms with van der Waals surface area (Å²) in [5.41, 5.74) is 1.13. The Balaban J connectivity index is 2.21. The number of thioether (sulfide) groups is 1. The summed E-state index contributed by atoms with van der Waals surface area (Å²) in [6.45, 7) is 2.34. The third-order valence-electron chi connectivity index (χ3n) is 2.91. The van der Waals surface area contributed by atoms with Crippen molar-refractivity contribution in [1.29, 1.82) is 0 Å². The van der Waals surface area contributed by atoms with E-state index in [-0.39, 0.29) is 12.4 Å². The van der Waals surface area contributed by atoms with Gasteiger partial charge in [-0.15, -0.1) is 0 Å². The van der Waals surface area contributed by atoms with Gasteiger partial charge in [0, 0.05) is 20.3 Å². The van der Waals surface area contributed by atoms with Gasteiger partial charge in [0.2, 0.25) is 0 Å². The van der Waals surface area contributed by atoms with Crippen molar-refractivity contribution in [1.82, 2.24) is 15.6 Å². The molecule has 0 spiro atoms. The number of halogens is 1. The lowest BCUT2D eigenvalue weighted by atomic mass is 10.3. The van der Waals surface area contributed by atoms with E-state index in [4.69, 9.17) is 0 Å². The molecule has 0 saturated carbocycles. The fourth-order valence-corrected chi connectivity index (χ4v) is 2.67. The van der Waals surface area contributed by atoms with Gasteiger partial charge < -0.3 is 10.6 Å². The maximum Gasteiger partial charge on any atom is 0.146 e. The van der Waals surface area contributed by atoms with Gasteiger partial charge in [-0.2, -0.15) is 0 Å². The second kappa shape index (κ2) is 7.21. The average Bonchev–Trinajstić information content (AvgIpc) is 2.93. The second-order valence-corrected chi connectivity index (χ2v) is 5.31. The monoisotopic (exact) mass is 307 g/mol. The van der Waals surface area contributed by atoms with Gasteiger partial charge in [0.25, 0.3) is 0 Å². The molecule has 0 radical (unpaired) electrons. The van der Waals surface area contributed by atoms with Crippen LogP contribution < -0.4 is 10.6 Å².